The summed E-state index contributed by atoms with van der Waals surface area (Å²) in [6.45, 7) is 5.23. The predicted octanol–water partition coefficient (Wildman–Crippen LogP) is 2.13. The summed E-state index contributed by atoms with van der Waals surface area (Å²) in [5, 5.41) is 9.56. The van der Waals surface area contributed by atoms with E-state index in [4.69, 9.17) is 4.74 Å². The minimum atomic E-state index is -0.963. The Hall–Kier alpha value is -3.42. The van der Waals surface area contributed by atoms with Crippen LogP contribution in [0.15, 0.2) is 36.4 Å². The number of rotatable bonds is 8. The van der Waals surface area contributed by atoms with Crippen LogP contribution in [0.5, 0.6) is 0 Å². The first-order valence-corrected chi connectivity index (χ1v) is 9.29. The molecule has 1 atom stereocenters. The number of nitrogens with one attached hydrogen (secondary N) is 2. The number of aromatic nitrogens is 2. The second-order valence-corrected chi connectivity index (χ2v) is 6.58. The van der Waals surface area contributed by atoms with Crippen molar-refractivity contribution in [3.05, 3.63) is 53.4 Å². The molecule has 1 aromatic carbocycles. The van der Waals surface area contributed by atoms with Gasteiger partial charge in [0.05, 0.1) is 23.5 Å². The molecule has 2 amide bonds. The second-order valence-electron chi connectivity index (χ2n) is 6.58. The van der Waals surface area contributed by atoms with Gasteiger partial charge < -0.3 is 15.4 Å². The molecule has 8 heteroatoms. The quantitative estimate of drug-likeness (QED) is 0.524. The Morgan fingerprint density at radius 1 is 1.21 bits per heavy atom. The smallest absolute Gasteiger partial charge is 0.308 e. The number of esters is 1. The lowest BCUT2D eigenvalue weighted by atomic mass is 10.2. The standard InChI is InChI=1S/C21H26N4O4/c1-14-20(15(2)25(4)24-14)23-21(28)16(3)29-19(27)12-13-22-18(26)11-10-17-8-6-5-7-9-17/h5-11,16H,12-13H2,1-4H3,(H,22,26)(H,23,28)/b11-10+/t16-/m0/s1. The molecule has 0 fully saturated rings. The first kappa shape index (κ1) is 21.9. The third-order valence-corrected chi connectivity index (χ3v) is 4.29. The highest BCUT2D eigenvalue weighted by Crippen LogP contribution is 2.18. The van der Waals surface area contributed by atoms with E-state index < -0.39 is 18.0 Å². The highest BCUT2D eigenvalue weighted by Gasteiger charge is 2.20. The Bertz CT molecular complexity index is 903. The number of nitrogens with zero attached hydrogens (tertiary/aromatic N) is 2. The lowest BCUT2D eigenvalue weighted by molar-refractivity contribution is -0.153. The Kier molecular flexibility index (Phi) is 7.70. The van der Waals surface area contributed by atoms with Crippen LogP contribution in [0.1, 0.15) is 30.3 Å². The molecule has 0 aliphatic heterocycles. The summed E-state index contributed by atoms with van der Waals surface area (Å²) in [6, 6.07) is 9.40. The molecule has 0 saturated heterocycles. The molecule has 1 heterocycles. The zero-order valence-corrected chi connectivity index (χ0v) is 17.1. The topological polar surface area (TPSA) is 102 Å². The predicted molar refractivity (Wildman–Crippen MR) is 110 cm³/mol. The summed E-state index contributed by atoms with van der Waals surface area (Å²) in [4.78, 5) is 36.0. The van der Waals surface area contributed by atoms with Crippen molar-refractivity contribution in [3.63, 3.8) is 0 Å². The van der Waals surface area contributed by atoms with Gasteiger partial charge in [0.25, 0.3) is 5.91 Å². The van der Waals surface area contributed by atoms with E-state index in [0.717, 1.165) is 11.3 Å². The van der Waals surface area contributed by atoms with Crippen molar-refractivity contribution in [3.8, 4) is 0 Å². The molecule has 0 aliphatic carbocycles. The van der Waals surface area contributed by atoms with Crippen molar-refractivity contribution in [1.29, 1.82) is 0 Å². The lowest BCUT2D eigenvalue weighted by Gasteiger charge is -2.14. The zero-order valence-electron chi connectivity index (χ0n) is 17.1. The van der Waals surface area contributed by atoms with E-state index >= 15 is 0 Å². The average Bonchev–Trinajstić information content (AvgIpc) is 2.93. The molecule has 0 spiro atoms. The molecule has 29 heavy (non-hydrogen) atoms. The number of hydrogen-bond donors (Lipinski definition) is 2. The average molecular weight is 398 g/mol. The summed E-state index contributed by atoms with van der Waals surface area (Å²) < 4.78 is 6.80. The molecule has 1 aromatic heterocycles. The number of aryl methyl sites for hydroxylation is 2. The molecule has 2 N–H and O–H groups in total. The van der Waals surface area contributed by atoms with Gasteiger partial charge in [-0.05, 0) is 32.4 Å². The van der Waals surface area contributed by atoms with E-state index in [1.807, 2.05) is 37.3 Å². The largest absolute Gasteiger partial charge is 0.452 e. The third-order valence-electron chi connectivity index (χ3n) is 4.29. The highest BCUT2D eigenvalue weighted by molar-refractivity contribution is 5.96. The molecular weight excluding hydrogens is 372 g/mol. The van der Waals surface area contributed by atoms with Gasteiger partial charge in [0.2, 0.25) is 5.91 Å². The fourth-order valence-corrected chi connectivity index (χ4v) is 2.57. The van der Waals surface area contributed by atoms with Gasteiger partial charge in [0.1, 0.15) is 0 Å². The maximum atomic E-state index is 12.3. The number of benzene rings is 1. The first-order chi connectivity index (χ1) is 13.8. The maximum absolute atomic E-state index is 12.3. The van der Waals surface area contributed by atoms with Gasteiger partial charge in [-0.1, -0.05) is 30.3 Å². The number of carbonyl (C=O) groups is 3. The fraction of sp³-hybridized carbons (Fsp3) is 0.333. The fourth-order valence-electron chi connectivity index (χ4n) is 2.57. The Morgan fingerprint density at radius 3 is 2.52 bits per heavy atom. The van der Waals surface area contributed by atoms with E-state index in [9.17, 15) is 14.4 Å². The molecule has 2 rings (SSSR count). The van der Waals surface area contributed by atoms with Crippen molar-refractivity contribution < 1.29 is 19.1 Å². The molecule has 0 radical (unpaired) electrons. The van der Waals surface area contributed by atoms with E-state index in [-0.39, 0.29) is 18.9 Å². The summed E-state index contributed by atoms with van der Waals surface area (Å²) in [5.41, 5.74) is 3.00. The molecule has 8 nitrogen and oxygen atoms in total. The molecular formula is C21H26N4O4. The van der Waals surface area contributed by atoms with Crippen molar-refractivity contribution >= 4 is 29.5 Å². The van der Waals surface area contributed by atoms with Crippen LogP contribution in [0.4, 0.5) is 5.69 Å². The van der Waals surface area contributed by atoms with Crippen molar-refractivity contribution in [2.24, 2.45) is 7.05 Å². The number of amides is 2. The summed E-state index contributed by atoms with van der Waals surface area (Å²) in [6.07, 6.45) is 2.08. The van der Waals surface area contributed by atoms with Crippen LogP contribution >= 0.6 is 0 Å². The van der Waals surface area contributed by atoms with E-state index in [0.29, 0.717) is 11.4 Å². The third kappa shape index (κ3) is 6.60. The van der Waals surface area contributed by atoms with Gasteiger partial charge in [-0.2, -0.15) is 5.10 Å². The van der Waals surface area contributed by atoms with Gasteiger partial charge in [0.15, 0.2) is 6.10 Å². The first-order valence-electron chi connectivity index (χ1n) is 9.29. The number of anilines is 1. The van der Waals surface area contributed by atoms with E-state index in [1.54, 1.807) is 24.7 Å². The molecule has 0 bridgehead atoms. The summed E-state index contributed by atoms with van der Waals surface area (Å²) in [5.74, 6) is -1.32. The van der Waals surface area contributed by atoms with Crippen LogP contribution in [0, 0.1) is 13.8 Å². The maximum Gasteiger partial charge on any atom is 0.308 e. The van der Waals surface area contributed by atoms with Crippen molar-refractivity contribution in [1.82, 2.24) is 15.1 Å². The summed E-state index contributed by atoms with van der Waals surface area (Å²) in [7, 11) is 1.78. The monoisotopic (exact) mass is 398 g/mol. The Balaban J connectivity index is 1.73. The van der Waals surface area contributed by atoms with Gasteiger partial charge in [0, 0.05) is 19.7 Å². The number of ether oxygens (including phenoxy) is 1. The van der Waals surface area contributed by atoms with Crippen LogP contribution in [0.3, 0.4) is 0 Å². The SMILES string of the molecule is Cc1nn(C)c(C)c1NC(=O)[C@H](C)OC(=O)CCNC(=O)/C=C/c1ccccc1. The minimum Gasteiger partial charge on any atom is -0.452 e. The van der Waals surface area contributed by atoms with Crippen LogP contribution in [0.2, 0.25) is 0 Å². The van der Waals surface area contributed by atoms with Crippen LogP contribution in [-0.4, -0.2) is 40.2 Å². The number of hydrogen-bond acceptors (Lipinski definition) is 5. The van der Waals surface area contributed by atoms with Crippen LogP contribution in [-0.2, 0) is 26.2 Å². The van der Waals surface area contributed by atoms with Gasteiger partial charge in [-0.25, -0.2) is 0 Å². The van der Waals surface area contributed by atoms with Crippen LogP contribution in [0.25, 0.3) is 6.08 Å². The Morgan fingerprint density at radius 2 is 1.90 bits per heavy atom. The molecule has 2 aromatic rings. The van der Waals surface area contributed by atoms with Gasteiger partial charge in [-0.3, -0.25) is 19.1 Å². The Labute approximate surface area is 169 Å². The zero-order chi connectivity index (χ0) is 21.4. The lowest BCUT2D eigenvalue weighted by Crippen LogP contribution is -2.32. The van der Waals surface area contributed by atoms with Crippen molar-refractivity contribution in [2.75, 3.05) is 11.9 Å². The van der Waals surface area contributed by atoms with E-state index in [2.05, 4.69) is 15.7 Å². The molecule has 154 valence electrons. The van der Waals surface area contributed by atoms with E-state index in [1.165, 1.54) is 13.0 Å². The molecule has 0 aliphatic rings. The van der Waals surface area contributed by atoms with Crippen LogP contribution < -0.4 is 10.6 Å². The number of carbonyl (C=O) groups excluding carboxylic acids is 3. The van der Waals surface area contributed by atoms with Crippen molar-refractivity contribution in [2.45, 2.75) is 33.3 Å². The molecule has 0 saturated carbocycles. The highest BCUT2D eigenvalue weighted by atomic mass is 16.5. The van der Waals surface area contributed by atoms with Gasteiger partial charge in [-0.15, -0.1) is 0 Å². The minimum absolute atomic E-state index is 0.0342. The summed E-state index contributed by atoms with van der Waals surface area (Å²) >= 11 is 0. The second kappa shape index (κ2) is 10.2. The normalized spacial score (nSPS) is 11.9. The molecule has 0 unspecified atom stereocenters. The van der Waals surface area contributed by atoms with Gasteiger partial charge >= 0.3 is 5.97 Å².